The molecule has 2 aromatic rings. The Kier molecular flexibility index (Phi) is 4.53. The van der Waals surface area contributed by atoms with E-state index in [-0.39, 0.29) is 0 Å². The highest BCUT2D eigenvalue weighted by atomic mass is 32.1. The Morgan fingerprint density at radius 2 is 1.91 bits per heavy atom. The summed E-state index contributed by atoms with van der Waals surface area (Å²) in [5.74, 6) is 1.01. The van der Waals surface area contributed by atoms with E-state index in [0.29, 0.717) is 29.6 Å². The van der Waals surface area contributed by atoms with Crippen LogP contribution in [0.5, 0.6) is 0 Å². The van der Waals surface area contributed by atoms with E-state index in [2.05, 4.69) is 31.6 Å². The molecule has 2 aromatic heterocycles. The number of alkyl halides is 3. The second-order valence-electron chi connectivity index (χ2n) is 5.28. The van der Waals surface area contributed by atoms with Crippen molar-refractivity contribution in [1.82, 2.24) is 24.6 Å². The van der Waals surface area contributed by atoms with Gasteiger partial charge in [-0.25, -0.2) is 4.98 Å². The van der Waals surface area contributed by atoms with E-state index in [9.17, 15) is 13.2 Å². The lowest BCUT2D eigenvalue weighted by Crippen LogP contribution is -2.46. The van der Waals surface area contributed by atoms with Gasteiger partial charge in [0.15, 0.2) is 0 Å². The highest BCUT2D eigenvalue weighted by Crippen LogP contribution is 2.34. The molecule has 0 aliphatic carbocycles. The van der Waals surface area contributed by atoms with Crippen molar-refractivity contribution >= 4 is 16.5 Å². The van der Waals surface area contributed by atoms with Crippen LogP contribution < -0.4 is 4.90 Å². The van der Waals surface area contributed by atoms with Crippen molar-refractivity contribution in [2.45, 2.75) is 26.2 Å². The molecule has 23 heavy (non-hydrogen) atoms. The first-order valence-corrected chi connectivity index (χ1v) is 8.17. The van der Waals surface area contributed by atoms with Crippen LogP contribution in [0.3, 0.4) is 0 Å². The smallest absolute Gasteiger partial charge is 0.344 e. The molecule has 0 unspecified atom stereocenters. The zero-order chi connectivity index (χ0) is 16.4. The quantitative estimate of drug-likeness (QED) is 0.849. The minimum Gasteiger partial charge on any atom is -0.344 e. The normalized spacial score (nSPS) is 17.0. The number of imidazole rings is 1. The van der Waals surface area contributed by atoms with Crippen LogP contribution >= 0.6 is 11.3 Å². The number of rotatable bonds is 4. The fourth-order valence-corrected chi connectivity index (χ4v) is 3.30. The average Bonchev–Trinajstić information content (AvgIpc) is 3.16. The van der Waals surface area contributed by atoms with Crippen LogP contribution in [0.25, 0.3) is 0 Å². The molecule has 1 aliphatic rings. The Bertz CT molecular complexity index is 644. The lowest BCUT2D eigenvalue weighted by molar-refractivity contribution is -0.138. The topological polar surface area (TPSA) is 50.1 Å². The van der Waals surface area contributed by atoms with Crippen molar-refractivity contribution in [3.63, 3.8) is 0 Å². The first kappa shape index (κ1) is 16.2. The van der Waals surface area contributed by atoms with Gasteiger partial charge in [0, 0.05) is 45.1 Å². The molecule has 0 atom stereocenters. The minimum absolute atomic E-state index is 0.340. The van der Waals surface area contributed by atoms with E-state index in [1.54, 1.807) is 6.20 Å². The predicted molar refractivity (Wildman–Crippen MR) is 80.3 cm³/mol. The van der Waals surface area contributed by atoms with E-state index in [4.69, 9.17) is 0 Å². The Hall–Kier alpha value is -1.68. The second-order valence-corrected chi connectivity index (χ2v) is 6.24. The van der Waals surface area contributed by atoms with Gasteiger partial charge in [0.2, 0.25) is 10.1 Å². The van der Waals surface area contributed by atoms with Crippen molar-refractivity contribution in [3.8, 4) is 0 Å². The Morgan fingerprint density at radius 1 is 1.17 bits per heavy atom. The van der Waals surface area contributed by atoms with Gasteiger partial charge in [-0.1, -0.05) is 11.3 Å². The van der Waals surface area contributed by atoms with E-state index in [0.717, 1.165) is 32.0 Å². The molecular weight excluding hydrogens is 329 g/mol. The molecule has 1 saturated heterocycles. The second kappa shape index (κ2) is 6.44. The van der Waals surface area contributed by atoms with Crippen LogP contribution in [0.15, 0.2) is 12.4 Å². The lowest BCUT2D eigenvalue weighted by Gasteiger charge is -2.34. The molecule has 3 rings (SSSR count). The number of halogens is 3. The Labute approximate surface area is 135 Å². The van der Waals surface area contributed by atoms with Gasteiger partial charge in [-0.15, -0.1) is 10.2 Å². The fraction of sp³-hybridized carbons (Fsp3) is 0.615. The van der Waals surface area contributed by atoms with Crippen molar-refractivity contribution in [3.05, 3.63) is 23.2 Å². The summed E-state index contributed by atoms with van der Waals surface area (Å²) in [6, 6.07) is 0. The molecule has 0 bridgehead atoms. The van der Waals surface area contributed by atoms with Gasteiger partial charge in [-0.2, -0.15) is 13.2 Å². The summed E-state index contributed by atoms with van der Waals surface area (Å²) < 4.78 is 39.8. The summed E-state index contributed by atoms with van der Waals surface area (Å²) in [7, 11) is 0. The lowest BCUT2D eigenvalue weighted by atomic mass is 10.3. The van der Waals surface area contributed by atoms with E-state index in [1.165, 1.54) is 0 Å². The van der Waals surface area contributed by atoms with Crippen LogP contribution in [-0.4, -0.2) is 50.8 Å². The van der Waals surface area contributed by atoms with E-state index < -0.39 is 11.2 Å². The van der Waals surface area contributed by atoms with Gasteiger partial charge in [-0.3, -0.25) is 4.90 Å². The van der Waals surface area contributed by atoms with Gasteiger partial charge >= 0.3 is 6.18 Å². The molecule has 3 heterocycles. The number of hydrogen-bond acceptors (Lipinski definition) is 6. The molecule has 0 saturated carbocycles. The van der Waals surface area contributed by atoms with E-state index in [1.807, 2.05) is 11.1 Å². The van der Waals surface area contributed by atoms with Gasteiger partial charge in [0.25, 0.3) is 0 Å². The van der Waals surface area contributed by atoms with Crippen LogP contribution in [0, 0.1) is 0 Å². The Balaban J connectivity index is 1.57. The highest BCUT2D eigenvalue weighted by Gasteiger charge is 2.36. The molecule has 1 fully saturated rings. The highest BCUT2D eigenvalue weighted by molar-refractivity contribution is 7.15. The number of anilines is 1. The predicted octanol–water partition coefficient (Wildman–Crippen LogP) is 2.10. The maximum atomic E-state index is 12.6. The number of hydrogen-bond donors (Lipinski definition) is 0. The molecular formula is C13H17F3N6S. The maximum absolute atomic E-state index is 12.6. The largest absolute Gasteiger partial charge is 0.445 e. The molecule has 10 heteroatoms. The summed E-state index contributed by atoms with van der Waals surface area (Å²) in [5, 5.41) is 6.36. The van der Waals surface area contributed by atoms with Gasteiger partial charge < -0.3 is 9.47 Å². The Morgan fingerprint density at radius 3 is 2.52 bits per heavy atom. The number of aryl methyl sites for hydroxylation is 1. The summed E-state index contributed by atoms with van der Waals surface area (Å²) in [6.07, 6.45) is -0.685. The third-order valence-electron chi connectivity index (χ3n) is 3.81. The molecule has 0 N–H and O–H groups in total. The van der Waals surface area contributed by atoms with Gasteiger partial charge in [-0.05, 0) is 6.92 Å². The first-order valence-electron chi connectivity index (χ1n) is 7.35. The van der Waals surface area contributed by atoms with Crippen molar-refractivity contribution in [2.75, 3.05) is 31.1 Å². The fourth-order valence-electron chi connectivity index (χ4n) is 2.53. The van der Waals surface area contributed by atoms with Crippen molar-refractivity contribution in [2.24, 2.45) is 0 Å². The van der Waals surface area contributed by atoms with Crippen LogP contribution in [0.2, 0.25) is 0 Å². The molecule has 0 amide bonds. The summed E-state index contributed by atoms with van der Waals surface area (Å²) in [5.41, 5.74) is 0. The zero-order valence-electron chi connectivity index (χ0n) is 12.6. The van der Waals surface area contributed by atoms with Crippen molar-refractivity contribution in [1.29, 1.82) is 0 Å². The van der Waals surface area contributed by atoms with Crippen LogP contribution in [-0.2, 0) is 19.3 Å². The molecule has 1 aliphatic heterocycles. The summed E-state index contributed by atoms with van der Waals surface area (Å²) in [6.45, 7) is 6.49. The average molecular weight is 346 g/mol. The first-order chi connectivity index (χ1) is 11.0. The molecule has 0 spiro atoms. The third kappa shape index (κ3) is 3.63. The number of piperazine rings is 1. The third-order valence-corrected chi connectivity index (χ3v) is 4.84. The molecule has 6 nitrogen and oxygen atoms in total. The van der Waals surface area contributed by atoms with Crippen LogP contribution in [0.4, 0.5) is 18.3 Å². The summed E-state index contributed by atoms with van der Waals surface area (Å²) in [4.78, 5) is 8.45. The number of nitrogens with zero attached hydrogens (tertiary/aromatic N) is 6. The zero-order valence-corrected chi connectivity index (χ0v) is 13.4. The van der Waals surface area contributed by atoms with Crippen molar-refractivity contribution < 1.29 is 13.2 Å². The molecule has 126 valence electrons. The van der Waals surface area contributed by atoms with E-state index >= 15 is 0 Å². The van der Waals surface area contributed by atoms with Gasteiger partial charge in [0.05, 0.1) is 6.54 Å². The molecule has 0 radical (unpaired) electrons. The van der Waals surface area contributed by atoms with Crippen LogP contribution in [0.1, 0.15) is 17.8 Å². The summed E-state index contributed by atoms with van der Waals surface area (Å²) >= 11 is 0.603. The SMILES string of the molecule is CCn1ccnc1CN1CCN(c2nnc(C(F)(F)F)s2)CC1. The molecule has 0 aromatic carbocycles. The minimum atomic E-state index is -4.42. The van der Waals surface area contributed by atoms with Gasteiger partial charge in [0.1, 0.15) is 5.82 Å². The standard InChI is InChI=1S/C13H17F3N6S/c1-2-21-4-3-17-10(21)9-20-5-7-22(8-6-20)12-19-18-11(23-12)13(14,15)16/h3-4H,2,5-9H2,1H3. The maximum Gasteiger partial charge on any atom is 0.445 e. The monoisotopic (exact) mass is 346 g/mol. The number of aromatic nitrogens is 4.